The first-order valence-electron chi connectivity index (χ1n) is 11.8. The van der Waals surface area contributed by atoms with Gasteiger partial charge < -0.3 is 5.11 Å². The number of rotatable bonds is 6. The van der Waals surface area contributed by atoms with Crippen LogP contribution in [0.15, 0.2) is 72.8 Å². The van der Waals surface area contributed by atoms with Crippen molar-refractivity contribution in [3.8, 4) is 22.4 Å². The van der Waals surface area contributed by atoms with Crippen LogP contribution >= 0.6 is 0 Å². The SMILES string of the molecule is Cc1cccc(-c2nc(C(C)C)c(C(F)c3ccc(C(F)(F)F)cc3)c(-c3ccc(F)cc3)c2CO)c1. The second-order valence-corrected chi connectivity index (χ2v) is 9.28. The second kappa shape index (κ2) is 10.4. The van der Waals surface area contributed by atoms with Gasteiger partial charge in [0.2, 0.25) is 0 Å². The van der Waals surface area contributed by atoms with Gasteiger partial charge in [0, 0.05) is 16.7 Å². The predicted molar refractivity (Wildman–Crippen MR) is 134 cm³/mol. The van der Waals surface area contributed by atoms with Gasteiger partial charge >= 0.3 is 6.18 Å². The van der Waals surface area contributed by atoms with Crippen LogP contribution in [0.25, 0.3) is 22.4 Å². The average Bonchev–Trinajstić information content (AvgIpc) is 2.87. The van der Waals surface area contributed by atoms with Gasteiger partial charge in [-0.2, -0.15) is 13.2 Å². The molecule has 37 heavy (non-hydrogen) atoms. The maximum absolute atomic E-state index is 16.4. The number of nitrogens with zero attached hydrogens (tertiary/aromatic N) is 1. The lowest BCUT2D eigenvalue weighted by Crippen LogP contribution is -2.12. The summed E-state index contributed by atoms with van der Waals surface area (Å²) in [7, 11) is 0. The van der Waals surface area contributed by atoms with Crippen LogP contribution in [0, 0.1) is 12.7 Å². The number of aromatic nitrogens is 1. The van der Waals surface area contributed by atoms with Crippen molar-refractivity contribution in [2.75, 3.05) is 0 Å². The summed E-state index contributed by atoms with van der Waals surface area (Å²) >= 11 is 0. The van der Waals surface area contributed by atoms with Crippen LogP contribution in [0.4, 0.5) is 22.0 Å². The van der Waals surface area contributed by atoms with Gasteiger partial charge in [-0.25, -0.2) is 8.78 Å². The van der Waals surface area contributed by atoms with E-state index in [4.69, 9.17) is 4.98 Å². The molecule has 192 valence electrons. The molecule has 0 amide bonds. The molecule has 0 radical (unpaired) electrons. The molecule has 1 aromatic heterocycles. The van der Waals surface area contributed by atoms with Crippen molar-refractivity contribution < 1.29 is 27.1 Å². The van der Waals surface area contributed by atoms with Crippen molar-refractivity contribution in [2.45, 2.75) is 45.6 Å². The summed E-state index contributed by atoms with van der Waals surface area (Å²) in [5.74, 6) is -0.745. The Morgan fingerprint density at radius 2 is 1.54 bits per heavy atom. The molecule has 1 atom stereocenters. The van der Waals surface area contributed by atoms with Gasteiger partial charge in [0.25, 0.3) is 0 Å². The minimum absolute atomic E-state index is 0.0206. The Morgan fingerprint density at radius 1 is 0.892 bits per heavy atom. The molecule has 4 aromatic rings. The summed E-state index contributed by atoms with van der Waals surface area (Å²) in [4.78, 5) is 4.81. The molecule has 0 spiro atoms. The van der Waals surface area contributed by atoms with E-state index in [1.165, 1.54) is 24.3 Å². The van der Waals surface area contributed by atoms with Gasteiger partial charge in [0.15, 0.2) is 6.17 Å². The number of hydrogen-bond donors (Lipinski definition) is 1. The molecule has 1 unspecified atom stereocenters. The summed E-state index contributed by atoms with van der Waals surface area (Å²) in [6, 6.07) is 16.9. The number of benzene rings is 3. The number of aliphatic hydroxyl groups excluding tert-OH is 1. The zero-order valence-electron chi connectivity index (χ0n) is 20.6. The maximum atomic E-state index is 16.4. The molecule has 0 saturated heterocycles. The van der Waals surface area contributed by atoms with E-state index in [9.17, 15) is 22.7 Å². The molecule has 0 aliphatic rings. The molecule has 7 heteroatoms. The Labute approximate surface area is 212 Å². The fraction of sp³-hybridized carbons (Fsp3) is 0.233. The molecule has 0 fully saturated rings. The average molecular weight is 512 g/mol. The van der Waals surface area contributed by atoms with Crippen LogP contribution in [0.1, 0.15) is 59.4 Å². The summed E-state index contributed by atoms with van der Waals surface area (Å²) in [6.07, 6.45) is -6.39. The topological polar surface area (TPSA) is 33.1 Å². The van der Waals surface area contributed by atoms with Gasteiger partial charge in [-0.05, 0) is 59.9 Å². The first-order valence-corrected chi connectivity index (χ1v) is 11.8. The van der Waals surface area contributed by atoms with Crippen molar-refractivity contribution in [1.82, 2.24) is 4.98 Å². The first kappa shape index (κ1) is 26.5. The Bertz CT molecular complexity index is 1390. The number of halogens is 5. The van der Waals surface area contributed by atoms with Gasteiger partial charge in [0.1, 0.15) is 5.82 Å². The van der Waals surface area contributed by atoms with E-state index >= 15 is 4.39 Å². The van der Waals surface area contributed by atoms with E-state index in [0.29, 0.717) is 28.1 Å². The number of alkyl halides is 4. The normalized spacial score (nSPS) is 12.7. The molecule has 1 N–H and O–H groups in total. The van der Waals surface area contributed by atoms with E-state index < -0.39 is 30.3 Å². The van der Waals surface area contributed by atoms with Crippen LogP contribution in [0.3, 0.4) is 0 Å². The third kappa shape index (κ3) is 5.42. The van der Waals surface area contributed by atoms with Crippen molar-refractivity contribution in [3.63, 3.8) is 0 Å². The fourth-order valence-electron chi connectivity index (χ4n) is 4.49. The molecule has 0 aliphatic heterocycles. The minimum Gasteiger partial charge on any atom is -0.392 e. The Morgan fingerprint density at radius 3 is 2.08 bits per heavy atom. The zero-order valence-corrected chi connectivity index (χ0v) is 20.6. The fourth-order valence-corrected chi connectivity index (χ4v) is 4.49. The summed E-state index contributed by atoms with van der Waals surface area (Å²) in [6.45, 7) is 5.13. The van der Waals surface area contributed by atoms with Gasteiger partial charge in [0.05, 0.1) is 23.6 Å². The minimum atomic E-state index is -4.55. The van der Waals surface area contributed by atoms with Crippen LogP contribution in [0.2, 0.25) is 0 Å². The van der Waals surface area contributed by atoms with Crippen LogP contribution in [0.5, 0.6) is 0 Å². The standard InChI is InChI=1S/C30H26F5NO/c1-17(2)28-26(27(32)20-7-11-22(12-8-20)30(33,34)35)25(19-9-13-23(31)14-10-19)24(16-37)29(36-28)21-6-4-5-18(3)15-21/h4-15,17,27,37H,16H2,1-3H3. The third-order valence-electron chi connectivity index (χ3n) is 6.28. The number of aryl methyl sites for hydroxylation is 1. The Balaban J connectivity index is 2.04. The smallest absolute Gasteiger partial charge is 0.392 e. The third-order valence-corrected chi connectivity index (χ3v) is 6.28. The van der Waals surface area contributed by atoms with Gasteiger partial charge in [-0.3, -0.25) is 4.98 Å². The van der Waals surface area contributed by atoms with E-state index in [2.05, 4.69) is 0 Å². The molecule has 4 rings (SSSR count). The lowest BCUT2D eigenvalue weighted by Gasteiger charge is -2.25. The highest BCUT2D eigenvalue weighted by molar-refractivity contribution is 5.80. The molecule has 1 heterocycles. The van der Waals surface area contributed by atoms with Crippen LogP contribution in [-0.2, 0) is 12.8 Å². The number of hydrogen-bond acceptors (Lipinski definition) is 2. The van der Waals surface area contributed by atoms with Crippen molar-refractivity contribution in [3.05, 3.63) is 112 Å². The van der Waals surface area contributed by atoms with Crippen molar-refractivity contribution in [1.29, 1.82) is 0 Å². The highest BCUT2D eigenvalue weighted by atomic mass is 19.4. The molecular formula is C30H26F5NO. The van der Waals surface area contributed by atoms with Crippen molar-refractivity contribution in [2.24, 2.45) is 0 Å². The zero-order chi connectivity index (χ0) is 26.9. The number of pyridine rings is 1. The summed E-state index contributed by atoms with van der Waals surface area (Å²) in [5.41, 5.74) is 3.02. The van der Waals surface area contributed by atoms with E-state index in [-0.39, 0.29) is 17.0 Å². The lowest BCUT2D eigenvalue weighted by atomic mass is 9.84. The molecule has 0 saturated carbocycles. The van der Waals surface area contributed by atoms with E-state index in [1.54, 1.807) is 0 Å². The van der Waals surface area contributed by atoms with E-state index in [0.717, 1.165) is 35.4 Å². The summed E-state index contributed by atoms with van der Waals surface area (Å²) < 4.78 is 69.5. The van der Waals surface area contributed by atoms with Gasteiger partial charge in [-0.1, -0.05) is 61.9 Å². The second-order valence-electron chi connectivity index (χ2n) is 9.28. The highest BCUT2D eigenvalue weighted by Crippen LogP contribution is 2.44. The van der Waals surface area contributed by atoms with Crippen LogP contribution < -0.4 is 0 Å². The molecule has 0 aliphatic carbocycles. The Kier molecular flexibility index (Phi) is 7.46. The van der Waals surface area contributed by atoms with Crippen LogP contribution in [-0.4, -0.2) is 10.1 Å². The molecule has 3 aromatic carbocycles. The first-order chi connectivity index (χ1) is 17.5. The predicted octanol–water partition coefficient (Wildman–Crippen LogP) is 8.56. The molecular weight excluding hydrogens is 485 g/mol. The quantitative estimate of drug-likeness (QED) is 0.263. The Hall–Kier alpha value is -3.58. The maximum Gasteiger partial charge on any atom is 0.416 e. The van der Waals surface area contributed by atoms with Crippen molar-refractivity contribution >= 4 is 0 Å². The monoisotopic (exact) mass is 511 g/mol. The summed E-state index contributed by atoms with van der Waals surface area (Å²) in [5, 5.41) is 10.5. The largest absolute Gasteiger partial charge is 0.416 e. The van der Waals surface area contributed by atoms with Gasteiger partial charge in [-0.15, -0.1) is 0 Å². The molecule has 2 nitrogen and oxygen atoms in total. The molecule has 0 bridgehead atoms. The van der Waals surface area contributed by atoms with E-state index in [1.807, 2.05) is 45.0 Å². The number of aliphatic hydroxyl groups is 1. The lowest BCUT2D eigenvalue weighted by molar-refractivity contribution is -0.137. The highest BCUT2D eigenvalue weighted by Gasteiger charge is 2.32.